The van der Waals surface area contributed by atoms with Gasteiger partial charge in [0.2, 0.25) is 0 Å². The van der Waals surface area contributed by atoms with E-state index < -0.39 is 0 Å². The number of hydrogen-bond donors (Lipinski definition) is 0. The van der Waals surface area contributed by atoms with Gasteiger partial charge in [-0.15, -0.1) is 0 Å². The van der Waals surface area contributed by atoms with Gasteiger partial charge in [0.05, 0.1) is 6.61 Å². The highest BCUT2D eigenvalue weighted by atomic mass is 16.5. The minimum absolute atomic E-state index is 0.761. The lowest BCUT2D eigenvalue weighted by molar-refractivity contribution is 0.0896. The van der Waals surface area contributed by atoms with E-state index in [0.717, 1.165) is 19.1 Å². The van der Waals surface area contributed by atoms with Gasteiger partial charge in [0.1, 0.15) is 0 Å². The third kappa shape index (κ3) is 2.85. The fourth-order valence-electron chi connectivity index (χ4n) is 1.89. The molecule has 1 radical (unpaired) electrons. The number of benzene rings is 1. The monoisotopic (exact) mass is 189 g/mol. The molecular weight excluding hydrogens is 172 g/mol. The molecule has 1 aromatic carbocycles. The van der Waals surface area contributed by atoms with Gasteiger partial charge in [-0.05, 0) is 37.2 Å². The molecule has 0 heterocycles. The van der Waals surface area contributed by atoms with E-state index >= 15 is 0 Å². The van der Waals surface area contributed by atoms with Crippen molar-refractivity contribution < 1.29 is 4.74 Å². The summed E-state index contributed by atoms with van der Waals surface area (Å²) >= 11 is 0. The van der Waals surface area contributed by atoms with Gasteiger partial charge in [-0.25, -0.2) is 0 Å². The number of ether oxygens (including phenoxy) is 1. The zero-order valence-corrected chi connectivity index (χ0v) is 8.49. The number of rotatable bonds is 4. The lowest BCUT2D eigenvalue weighted by atomic mass is 10.1. The zero-order valence-electron chi connectivity index (χ0n) is 8.49. The Morgan fingerprint density at radius 1 is 1.21 bits per heavy atom. The van der Waals surface area contributed by atoms with Gasteiger partial charge in [-0.3, -0.25) is 0 Å². The van der Waals surface area contributed by atoms with E-state index in [-0.39, 0.29) is 0 Å². The summed E-state index contributed by atoms with van der Waals surface area (Å²) in [5.41, 5.74) is 1.27. The first kappa shape index (κ1) is 9.72. The van der Waals surface area contributed by atoms with Crippen LogP contribution in [0.4, 0.5) is 0 Å². The van der Waals surface area contributed by atoms with Crippen molar-refractivity contribution in [1.29, 1.82) is 0 Å². The third-order valence-corrected chi connectivity index (χ3v) is 2.74. The molecule has 1 heteroatoms. The van der Waals surface area contributed by atoms with Crippen molar-refractivity contribution in [2.45, 2.75) is 25.9 Å². The van der Waals surface area contributed by atoms with Crippen LogP contribution in [-0.2, 0) is 11.3 Å². The van der Waals surface area contributed by atoms with Crippen LogP contribution in [-0.4, -0.2) is 6.61 Å². The van der Waals surface area contributed by atoms with Crippen LogP contribution in [0, 0.1) is 12.3 Å². The summed E-state index contributed by atoms with van der Waals surface area (Å²) in [4.78, 5) is 0. The van der Waals surface area contributed by atoms with E-state index in [9.17, 15) is 0 Å². The molecule has 0 bridgehead atoms. The Balaban J connectivity index is 1.67. The predicted molar refractivity (Wildman–Crippen MR) is 57.7 cm³/mol. The Morgan fingerprint density at radius 3 is 2.79 bits per heavy atom. The molecule has 1 atom stereocenters. The van der Waals surface area contributed by atoms with Crippen LogP contribution >= 0.6 is 0 Å². The molecule has 1 saturated carbocycles. The molecule has 1 aromatic rings. The van der Waals surface area contributed by atoms with Crippen LogP contribution in [0.25, 0.3) is 0 Å². The molecule has 0 saturated heterocycles. The predicted octanol–water partition coefficient (Wildman–Crippen LogP) is 3.21. The molecule has 0 unspecified atom stereocenters. The molecule has 0 N–H and O–H groups in total. The Bertz CT molecular complexity index is 249. The summed E-state index contributed by atoms with van der Waals surface area (Å²) in [5.74, 6) is 0.777. The molecule has 0 aromatic heterocycles. The van der Waals surface area contributed by atoms with Gasteiger partial charge in [0.15, 0.2) is 0 Å². The Morgan fingerprint density at radius 2 is 2.07 bits per heavy atom. The summed E-state index contributed by atoms with van der Waals surface area (Å²) in [6.07, 6.45) is 6.21. The molecular formula is C13H17O. The van der Waals surface area contributed by atoms with E-state index in [4.69, 9.17) is 4.74 Å². The highest BCUT2D eigenvalue weighted by Crippen LogP contribution is 2.24. The molecule has 0 aliphatic heterocycles. The van der Waals surface area contributed by atoms with Crippen molar-refractivity contribution in [3.63, 3.8) is 0 Å². The zero-order chi connectivity index (χ0) is 9.64. The van der Waals surface area contributed by atoms with Crippen molar-refractivity contribution in [3.8, 4) is 0 Å². The summed E-state index contributed by atoms with van der Waals surface area (Å²) in [7, 11) is 0. The van der Waals surface area contributed by atoms with E-state index in [1.54, 1.807) is 0 Å². The Kier molecular flexibility index (Phi) is 3.58. The summed E-state index contributed by atoms with van der Waals surface area (Å²) < 4.78 is 5.68. The molecule has 1 nitrogen and oxygen atoms in total. The van der Waals surface area contributed by atoms with Gasteiger partial charge >= 0.3 is 0 Å². The molecule has 0 amide bonds. The van der Waals surface area contributed by atoms with E-state index in [1.165, 1.54) is 24.8 Å². The maximum atomic E-state index is 5.68. The Labute approximate surface area is 86.1 Å². The van der Waals surface area contributed by atoms with Crippen molar-refractivity contribution in [2.75, 3.05) is 6.61 Å². The third-order valence-electron chi connectivity index (χ3n) is 2.74. The highest BCUT2D eigenvalue weighted by Gasteiger charge is 2.14. The largest absolute Gasteiger partial charge is 0.376 e. The fraction of sp³-hybridized carbons (Fsp3) is 0.462. The van der Waals surface area contributed by atoms with Crippen molar-refractivity contribution in [3.05, 3.63) is 42.3 Å². The van der Waals surface area contributed by atoms with E-state index in [1.807, 2.05) is 6.07 Å². The van der Waals surface area contributed by atoms with Crippen LogP contribution in [0.1, 0.15) is 24.8 Å². The van der Waals surface area contributed by atoms with Crippen molar-refractivity contribution >= 4 is 0 Å². The molecule has 2 rings (SSSR count). The highest BCUT2D eigenvalue weighted by molar-refractivity contribution is 5.13. The minimum atomic E-state index is 0.761. The average molecular weight is 189 g/mol. The van der Waals surface area contributed by atoms with Crippen molar-refractivity contribution in [2.24, 2.45) is 5.92 Å². The molecule has 1 aliphatic carbocycles. The van der Waals surface area contributed by atoms with Gasteiger partial charge in [-0.2, -0.15) is 0 Å². The van der Waals surface area contributed by atoms with Crippen molar-refractivity contribution in [1.82, 2.24) is 0 Å². The SMILES string of the molecule is [CH]1CC[C@@H](COCc2ccccc2)C1. The first-order chi connectivity index (χ1) is 6.95. The van der Waals surface area contributed by atoms with E-state index in [0.29, 0.717) is 0 Å². The smallest absolute Gasteiger partial charge is 0.0717 e. The van der Waals surface area contributed by atoms with Gasteiger partial charge < -0.3 is 4.74 Å². The van der Waals surface area contributed by atoms with Gasteiger partial charge in [0, 0.05) is 6.61 Å². The second-order valence-electron chi connectivity index (χ2n) is 3.97. The standard InChI is InChI=1S/C13H17O/c1-2-6-12(7-3-1)10-14-11-13-8-4-5-9-13/h1-4,6-7,13H,5,8-11H2/t13-/m0/s1. The topological polar surface area (TPSA) is 9.23 Å². The summed E-state index contributed by atoms with van der Waals surface area (Å²) in [6.45, 7) is 1.68. The van der Waals surface area contributed by atoms with Gasteiger partial charge in [-0.1, -0.05) is 30.3 Å². The second kappa shape index (κ2) is 5.16. The average Bonchev–Trinajstić information content (AvgIpc) is 2.72. The van der Waals surface area contributed by atoms with Crippen LogP contribution < -0.4 is 0 Å². The van der Waals surface area contributed by atoms with E-state index in [2.05, 4.69) is 30.7 Å². The maximum absolute atomic E-state index is 5.68. The molecule has 1 fully saturated rings. The van der Waals surface area contributed by atoms with Gasteiger partial charge in [0.25, 0.3) is 0 Å². The Hall–Kier alpha value is -0.820. The van der Waals surface area contributed by atoms with Crippen LogP contribution in [0.5, 0.6) is 0 Å². The normalized spacial score (nSPS) is 17.4. The lowest BCUT2D eigenvalue weighted by Gasteiger charge is -2.09. The quantitative estimate of drug-likeness (QED) is 0.706. The first-order valence-electron chi connectivity index (χ1n) is 5.38. The number of hydrogen-bond acceptors (Lipinski definition) is 1. The summed E-state index contributed by atoms with van der Waals surface area (Å²) in [6, 6.07) is 10.4. The maximum Gasteiger partial charge on any atom is 0.0717 e. The lowest BCUT2D eigenvalue weighted by Crippen LogP contribution is -2.05. The molecule has 1 aliphatic rings. The second-order valence-corrected chi connectivity index (χ2v) is 3.97. The van der Waals surface area contributed by atoms with Crippen LogP contribution in [0.2, 0.25) is 0 Å². The van der Waals surface area contributed by atoms with Crippen LogP contribution in [0.15, 0.2) is 30.3 Å². The first-order valence-corrected chi connectivity index (χ1v) is 5.38. The fourth-order valence-corrected chi connectivity index (χ4v) is 1.89. The minimum Gasteiger partial charge on any atom is -0.376 e. The molecule has 0 spiro atoms. The molecule has 75 valence electrons. The van der Waals surface area contributed by atoms with Crippen LogP contribution in [0.3, 0.4) is 0 Å². The molecule has 14 heavy (non-hydrogen) atoms. The summed E-state index contributed by atoms with van der Waals surface area (Å²) in [5, 5.41) is 0.